The molecule has 4 rings (SSSR count). The van der Waals surface area contributed by atoms with Gasteiger partial charge < -0.3 is 14.0 Å². The highest BCUT2D eigenvalue weighted by atomic mass is 32.1. The first kappa shape index (κ1) is 22.9. The minimum absolute atomic E-state index is 0.659. The Balaban J connectivity index is 1.70. The summed E-state index contributed by atoms with van der Waals surface area (Å²) in [7, 11) is 1.70. The number of rotatable bonds is 8. The van der Waals surface area contributed by atoms with Crippen LogP contribution in [0.3, 0.4) is 0 Å². The molecule has 0 radical (unpaired) electrons. The maximum atomic E-state index is 5.57. The standard InChI is InChI=1S/C28H30N2O2S/c1-5-32-26-14-10-24(11-15-26)29-28-30(17-16-22-7-12-25(31-4)13-8-22)27(19-33-28)23-9-6-20(2)21(3)18-23/h6-15,18-19H,5,16-17H2,1-4H3. The van der Waals surface area contributed by atoms with Crippen LogP contribution in [0.15, 0.2) is 77.1 Å². The molecule has 0 unspecified atom stereocenters. The minimum Gasteiger partial charge on any atom is -0.497 e. The lowest BCUT2D eigenvalue weighted by atomic mass is 10.0. The molecular weight excluding hydrogens is 428 g/mol. The average molecular weight is 459 g/mol. The fourth-order valence-electron chi connectivity index (χ4n) is 3.69. The van der Waals surface area contributed by atoms with E-state index in [1.807, 2.05) is 43.3 Å². The van der Waals surface area contributed by atoms with Crippen molar-refractivity contribution in [1.82, 2.24) is 4.57 Å². The summed E-state index contributed by atoms with van der Waals surface area (Å²) in [5.41, 5.74) is 7.21. The van der Waals surface area contributed by atoms with E-state index < -0.39 is 0 Å². The van der Waals surface area contributed by atoms with Crippen LogP contribution in [0, 0.1) is 13.8 Å². The molecule has 170 valence electrons. The molecule has 0 spiro atoms. The van der Waals surface area contributed by atoms with Crippen molar-refractivity contribution < 1.29 is 9.47 Å². The summed E-state index contributed by atoms with van der Waals surface area (Å²) in [6.45, 7) is 7.80. The number of aromatic nitrogens is 1. The first-order chi connectivity index (χ1) is 16.1. The molecule has 1 aromatic heterocycles. The second kappa shape index (κ2) is 10.5. The van der Waals surface area contributed by atoms with Crippen molar-refractivity contribution in [3.05, 3.63) is 93.6 Å². The second-order valence-electron chi connectivity index (χ2n) is 7.99. The van der Waals surface area contributed by atoms with Crippen molar-refractivity contribution in [2.75, 3.05) is 13.7 Å². The van der Waals surface area contributed by atoms with Crippen molar-refractivity contribution in [2.24, 2.45) is 4.99 Å². The smallest absolute Gasteiger partial charge is 0.190 e. The van der Waals surface area contributed by atoms with Gasteiger partial charge in [0.2, 0.25) is 0 Å². The third-order valence-corrected chi connectivity index (χ3v) is 6.62. The van der Waals surface area contributed by atoms with Gasteiger partial charge >= 0.3 is 0 Å². The van der Waals surface area contributed by atoms with Crippen molar-refractivity contribution >= 4 is 17.0 Å². The summed E-state index contributed by atoms with van der Waals surface area (Å²) in [4.78, 5) is 5.96. The van der Waals surface area contributed by atoms with Gasteiger partial charge in [0.25, 0.3) is 0 Å². The Morgan fingerprint density at radius 3 is 2.27 bits per heavy atom. The van der Waals surface area contributed by atoms with Crippen molar-refractivity contribution in [1.29, 1.82) is 0 Å². The van der Waals surface area contributed by atoms with Crippen LogP contribution in [-0.2, 0) is 13.0 Å². The molecule has 3 aromatic carbocycles. The lowest BCUT2D eigenvalue weighted by molar-refractivity contribution is 0.340. The number of hydrogen-bond donors (Lipinski definition) is 0. The molecule has 0 aliphatic carbocycles. The molecule has 4 aromatic rings. The van der Waals surface area contributed by atoms with Gasteiger partial charge in [0.05, 0.1) is 25.1 Å². The molecule has 0 aliphatic rings. The zero-order valence-corrected chi connectivity index (χ0v) is 20.5. The second-order valence-corrected chi connectivity index (χ2v) is 8.83. The van der Waals surface area contributed by atoms with E-state index in [4.69, 9.17) is 14.5 Å². The van der Waals surface area contributed by atoms with Crippen LogP contribution in [0.1, 0.15) is 23.6 Å². The SMILES string of the molecule is CCOc1ccc(N=c2scc(-c3ccc(C)c(C)c3)n2CCc2ccc(OC)cc2)cc1. The maximum Gasteiger partial charge on any atom is 0.190 e. The maximum absolute atomic E-state index is 5.57. The number of thiazole rings is 1. The van der Waals surface area contributed by atoms with E-state index in [0.29, 0.717) is 6.61 Å². The number of nitrogens with zero attached hydrogens (tertiary/aromatic N) is 2. The third kappa shape index (κ3) is 5.55. The molecule has 0 saturated carbocycles. The van der Waals surface area contributed by atoms with Gasteiger partial charge in [-0.15, -0.1) is 11.3 Å². The minimum atomic E-state index is 0.659. The average Bonchev–Trinajstić information content (AvgIpc) is 3.23. The molecular formula is C28H30N2O2S. The van der Waals surface area contributed by atoms with Gasteiger partial charge in [0.1, 0.15) is 11.5 Å². The largest absolute Gasteiger partial charge is 0.497 e. The monoisotopic (exact) mass is 458 g/mol. The highest BCUT2D eigenvalue weighted by Gasteiger charge is 2.10. The topological polar surface area (TPSA) is 35.8 Å². The summed E-state index contributed by atoms with van der Waals surface area (Å²) in [6, 6.07) is 22.9. The quantitative estimate of drug-likeness (QED) is 0.294. The van der Waals surface area contributed by atoms with Crippen LogP contribution in [0.2, 0.25) is 0 Å². The predicted molar refractivity (Wildman–Crippen MR) is 137 cm³/mol. The summed E-state index contributed by atoms with van der Waals surface area (Å²) >= 11 is 1.68. The van der Waals surface area contributed by atoms with Crippen molar-refractivity contribution in [3.8, 4) is 22.8 Å². The van der Waals surface area contributed by atoms with Gasteiger partial charge in [-0.3, -0.25) is 0 Å². The van der Waals surface area contributed by atoms with Gasteiger partial charge in [0.15, 0.2) is 4.80 Å². The predicted octanol–water partition coefficient (Wildman–Crippen LogP) is 6.72. The van der Waals surface area contributed by atoms with Gasteiger partial charge in [-0.05, 0) is 91.9 Å². The van der Waals surface area contributed by atoms with Gasteiger partial charge in [-0.1, -0.05) is 24.3 Å². The molecule has 0 fully saturated rings. The Morgan fingerprint density at radius 2 is 1.61 bits per heavy atom. The highest BCUT2D eigenvalue weighted by molar-refractivity contribution is 7.07. The van der Waals surface area contributed by atoms with E-state index in [1.54, 1.807) is 18.4 Å². The van der Waals surface area contributed by atoms with E-state index in [9.17, 15) is 0 Å². The van der Waals surface area contributed by atoms with Gasteiger partial charge in [-0.25, -0.2) is 4.99 Å². The molecule has 0 atom stereocenters. The van der Waals surface area contributed by atoms with Crippen LogP contribution in [-0.4, -0.2) is 18.3 Å². The Bertz CT molecular complexity index is 1270. The van der Waals surface area contributed by atoms with Gasteiger partial charge in [0, 0.05) is 11.9 Å². The lowest BCUT2D eigenvalue weighted by Gasteiger charge is -2.11. The fraction of sp³-hybridized carbons (Fsp3) is 0.250. The van der Waals surface area contributed by atoms with Crippen LogP contribution >= 0.6 is 11.3 Å². The Kier molecular flexibility index (Phi) is 7.30. The number of ether oxygens (including phenoxy) is 2. The number of aryl methyl sites for hydroxylation is 3. The molecule has 0 aliphatic heterocycles. The Labute approximate surface area is 199 Å². The first-order valence-electron chi connectivity index (χ1n) is 11.2. The normalized spacial score (nSPS) is 11.6. The zero-order valence-electron chi connectivity index (χ0n) is 19.7. The Hall–Kier alpha value is -3.31. The van der Waals surface area contributed by atoms with E-state index in [1.165, 1.54) is 27.9 Å². The highest BCUT2D eigenvalue weighted by Crippen LogP contribution is 2.25. The van der Waals surface area contributed by atoms with Crippen molar-refractivity contribution in [2.45, 2.75) is 33.7 Å². The fourth-order valence-corrected chi connectivity index (χ4v) is 4.65. The molecule has 0 bridgehead atoms. The number of hydrogen-bond acceptors (Lipinski definition) is 4. The van der Waals surface area contributed by atoms with Crippen LogP contribution in [0.4, 0.5) is 5.69 Å². The molecule has 4 nitrogen and oxygen atoms in total. The lowest BCUT2D eigenvalue weighted by Crippen LogP contribution is -2.17. The molecule has 5 heteroatoms. The van der Waals surface area contributed by atoms with E-state index in [2.05, 4.69) is 54.1 Å². The molecule has 1 heterocycles. The first-order valence-corrected chi connectivity index (χ1v) is 12.1. The van der Waals surface area contributed by atoms with Crippen LogP contribution in [0.5, 0.6) is 11.5 Å². The zero-order chi connectivity index (χ0) is 23.2. The summed E-state index contributed by atoms with van der Waals surface area (Å²) in [6.07, 6.45) is 0.912. The molecule has 0 amide bonds. The summed E-state index contributed by atoms with van der Waals surface area (Å²) < 4.78 is 13.2. The van der Waals surface area contributed by atoms with Crippen LogP contribution in [0.25, 0.3) is 11.3 Å². The van der Waals surface area contributed by atoms with E-state index >= 15 is 0 Å². The molecule has 33 heavy (non-hydrogen) atoms. The van der Waals surface area contributed by atoms with E-state index in [0.717, 1.165) is 35.0 Å². The van der Waals surface area contributed by atoms with Crippen LogP contribution < -0.4 is 14.3 Å². The third-order valence-electron chi connectivity index (χ3n) is 5.76. The summed E-state index contributed by atoms with van der Waals surface area (Å²) in [5.74, 6) is 1.75. The Morgan fingerprint density at radius 1 is 0.879 bits per heavy atom. The molecule has 0 N–H and O–H groups in total. The number of benzene rings is 3. The van der Waals surface area contributed by atoms with Gasteiger partial charge in [-0.2, -0.15) is 0 Å². The van der Waals surface area contributed by atoms with Crippen molar-refractivity contribution in [3.63, 3.8) is 0 Å². The number of methoxy groups -OCH3 is 1. The summed E-state index contributed by atoms with van der Waals surface area (Å²) in [5, 5.41) is 2.21. The molecule has 0 saturated heterocycles. The van der Waals surface area contributed by atoms with E-state index in [-0.39, 0.29) is 0 Å².